The van der Waals surface area contributed by atoms with Crippen LogP contribution in [0.1, 0.15) is 32.3 Å². The summed E-state index contributed by atoms with van der Waals surface area (Å²) in [6.07, 6.45) is -0.186. The van der Waals surface area contributed by atoms with Crippen LogP contribution in [0.25, 0.3) is 0 Å². The molecule has 2 aliphatic rings. The maximum absolute atomic E-state index is 13.9. The Hall–Kier alpha value is -2.19. The first-order chi connectivity index (χ1) is 12.4. The van der Waals surface area contributed by atoms with E-state index in [2.05, 4.69) is 5.32 Å². The van der Waals surface area contributed by atoms with Crippen LogP contribution in [0.3, 0.4) is 0 Å². The van der Waals surface area contributed by atoms with Crippen LogP contribution in [-0.2, 0) is 19.8 Å². The van der Waals surface area contributed by atoms with Gasteiger partial charge in [0, 0.05) is 23.7 Å². The first-order valence-electron chi connectivity index (χ1n) is 8.60. The normalized spacial score (nSPS) is 25.4. The molecule has 3 amide bonds. The summed E-state index contributed by atoms with van der Waals surface area (Å²) in [4.78, 5) is 38.8. The summed E-state index contributed by atoms with van der Waals surface area (Å²) in [5.41, 5.74) is 9.78. The first kappa shape index (κ1) is 19.6. The Morgan fingerprint density at radius 2 is 2.15 bits per heavy atom. The van der Waals surface area contributed by atoms with Gasteiger partial charge in [0.15, 0.2) is 0 Å². The minimum Gasteiger partial charge on any atom is -0.368 e. The molecule has 1 aromatic carbocycles. The molecular formula is C18H22ClFN4O3. The molecule has 1 spiro atoms. The van der Waals surface area contributed by atoms with Crippen molar-refractivity contribution in [2.45, 2.75) is 49.9 Å². The second-order valence-electron chi connectivity index (χ2n) is 7.84. The van der Waals surface area contributed by atoms with Crippen molar-refractivity contribution in [3.05, 3.63) is 28.8 Å². The van der Waals surface area contributed by atoms with Gasteiger partial charge in [0.05, 0.1) is 11.5 Å². The Bertz CT molecular complexity index is 825. The molecule has 3 atom stereocenters. The highest BCUT2D eigenvalue weighted by atomic mass is 35.5. The third kappa shape index (κ3) is 3.39. The topological polar surface area (TPSA) is 119 Å². The number of hydrogen-bond donors (Lipinski definition) is 3. The van der Waals surface area contributed by atoms with E-state index in [4.69, 9.17) is 23.1 Å². The lowest BCUT2D eigenvalue weighted by molar-refractivity contribution is -0.139. The Morgan fingerprint density at radius 1 is 1.48 bits per heavy atom. The van der Waals surface area contributed by atoms with Gasteiger partial charge in [-0.3, -0.25) is 14.4 Å². The predicted octanol–water partition coefficient (Wildman–Crippen LogP) is 1.08. The number of anilines is 1. The molecule has 2 heterocycles. The Balaban J connectivity index is 1.97. The summed E-state index contributed by atoms with van der Waals surface area (Å²) >= 11 is 6.08. The number of fused-ring (bicyclic) bond motifs is 2. The summed E-state index contributed by atoms with van der Waals surface area (Å²) < 4.78 is 13.9. The van der Waals surface area contributed by atoms with E-state index in [1.165, 1.54) is 18.7 Å². The molecule has 5 N–H and O–H groups in total. The van der Waals surface area contributed by atoms with Crippen LogP contribution in [0, 0.1) is 0 Å². The van der Waals surface area contributed by atoms with Crippen LogP contribution in [-0.4, -0.2) is 46.9 Å². The number of alkyl halides is 1. The van der Waals surface area contributed by atoms with Crippen LogP contribution in [0.4, 0.5) is 10.1 Å². The third-order valence-corrected chi connectivity index (χ3v) is 5.41. The average Bonchev–Trinajstić information content (AvgIpc) is 3.06. The van der Waals surface area contributed by atoms with Gasteiger partial charge >= 0.3 is 0 Å². The third-order valence-electron chi connectivity index (χ3n) is 5.17. The van der Waals surface area contributed by atoms with Gasteiger partial charge in [0.2, 0.25) is 17.7 Å². The minimum absolute atomic E-state index is 0.0268. The lowest BCUT2D eigenvalue weighted by Gasteiger charge is -2.28. The lowest BCUT2D eigenvalue weighted by Crippen LogP contribution is -2.51. The van der Waals surface area contributed by atoms with Gasteiger partial charge in [-0.15, -0.1) is 0 Å². The highest BCUT2D eigenvalue weighted by molar-refractivity contribution is 6.31. The van der Waals surface area contributed by atoms with Crippen molar-refractivity contribution in [2.75, 3.05) is 11.9 Å². The molecular weight excluding hydrogens is 375 g/mol. The van der Waals surface area contributed by atoms with Gasteiger partial charge in [-0.2, -0.15) is 0 Å². The van der Waals surface area contributed by atoms with E-state index in [-0.39, 0.29) is 25.3 Å². The monoisotopic (exact) mass is 396 g/mol. The molecule has 0 aromatic heterocycles. The second kappa shape index (κ2) is 6.45. The van der Waals surface area contributed by atoms with Crippen molar-refractivity contribution in [1.82, 2.24) is 4.90 Å². The molecule has 0 saturated carbocycles. The van der Waals surface area contributed by atoms with E-state index >= 15 is 0 Å². The zero-order valence-corrected chi connectivity index (χ0v) is 15.8. The summed E-state index contributed by atoms with van der Waals surface area (Å²) in [7, 11) is 0. The van der Waals surface area contributed by atoms with E-state index in [1.54, 1.807) is 18.2 Å². The minimum atomic E-state index is -1.65. The summed E-state index contributed by atoms with van der Waals surface area (Å²) in [6.45, 7) is 2.57. The number of rotatable bonds is 4. The maximum atomic E-state index is 13.9. The predicted molar refractivity (Wildman–Crippen MR) is 98.9 cm³/mol. The van der Waals surface area contributed by atoms with Gasteiger partial charge in [-0.05, 0) is 44.0 Å². The highest BCUT2D eigenvalue weighted by Crippen LogP contribution is 2.47. The first-order valence-corrected chi connectivity index (χ1v) is 8.98. The molecule has 7 nitrogen and oxygen atoms in total. The molecule has 9 heteroatoms. The van der Waals surface area contributed by atoms with E-state index in [0.717, 1.165) is 0 Å². The summed E-state index contributed by atoms with van der Waals surface area (Å²) in [5.74, 6) is -1.68. The number of nitrogens with zero attached hydrogens (tertiary/aromatic N) is 1. The Kier molecular flexibility index (Phi) is 4.68. The lowest BCUT2D eigenvalue weighted by atomic mass is 9.79. The number of nitrogens with two attached hydrogens (primary N) is 2. The molecule has 146 valence electrons. The van der Waals surface area contributed by atoms with Crippen molar-refractivity contribution in [3.63, 3.8) is 0 Å². The molecule has 1 fully saturated rings. The zero-order valence-electron chi connectivity index (χ0n) is 15.1. The number of benzene rings is 1. The van der Waals surface area contributed by atoms with E-state index in [1.807, 2.05) is 0 Å². The maximum Gasteiger partial charge on any atom is 0.240 e. The van der Waals surface area contributed by atoms with Crippen LogP contribution < -0.4 is 16.8 Å². The van der Waals surface area contributed by atoms with Gasteiger partial charge < -0.3 is 21.7 Å². The molecule has 1 saturated heterocycles. The SMILES string of the molecule is CC(C)(F)C[C@H](N)C(=O)N1C[C@]2(C[C@H]1C(N)=O)C(=O)Nc1ccc(Cl)cc12. The van der Waals surface area contributed by atoms with E-state index < -0.39 is 35.0 Å². The van der Waals surface area contributed by atoms with Gasteiger partial charge in [0.1, 0.15) is 11.7 Å². The van der Waals surface area contributed by atoms with Crippen molar-refractivity contribution in [1.29, 1.82) is 0 Å². The molecule has 1 aromatic rings. The van der Waals surface area contributed by atoms with E-state index in [0.29, 0.717) is 16.3 Å². The quantitative estimate of drug-likeness (QED) is 0.705. The number of nitrogens with one attached hydrogen (secondary N) is 1. The molecule has 2 aliphatic heterocycles. The summed E-state index contributed by atoms with van der Waals surface area (Å²) in [5, 5.41) is 3.20. The molecule has 0 unspecified atom stereocenters. The smallest absolute Gasteiger partial charge is 0.240 e. The fourth-order valence-corrected chi connectivity index (χ4v) is 4.13. The van der Waals surface area contributed by atoms with Gasteiger partial charge in [-0.25, -0.2) is 4.39 Å². The van der Waals surface area contributed by atoms with Crippen molar-refractivity contribution >= 4 is 35.0 Å². The Morgan fingerprint density at radius 3 is 2.74 bits per heavy atom. The second-order valence-corrected chi connectivity index (χ2v) is 8.28. The molecule has 0 aliphatic carbocycles. The van der Waals surface area contributed by atoms with Crippen molar-refractivity contribution in [3.8, 4) is 0 Å². The van der Waals surface area contributed by atoms with Crippen LogP contribution in [0.15, 0.2) is 18.2 Å². The van der Waals surface area contributed by atoms with Crippen LogP contribution >= 0.6 is 11.6 Å². The number of hydrogen-bond acceptors (Lipinski definition) is 4. The van der Waals surface area contributed by atoms with E-state index in [9.17, 15) is 18.8 Å². The molecule has 3 rings (SSSR count). The standard InChI is InChI=1S/C18H22ClFN4O3/c1-17(2,20)6-11(21)15(26)24-8-18(7-13(24)14(22)25)10-5-9(19)3-4-12(10)23-16(18)27/h3-5,11,13H,6-8,21H2,1-2H3,(H2,22,25)(H,23,27)/t11-,13-,18-/m0/s1. The van der Waals surface area contributed by atoms with Crippen LogP contribution in [0.5, 0.6) is 0 Å². The fraction of sp³-hybridized carbons (Fsp3) is 0.500. The number of likely N-dealkylation sites (tertiary alicyclic amines) is 1. The Labute approximate surface area is 161 Å². The molecule has 0 radical (unpaired) electrons. The average molecular weight is 397 g/mol. The number of amides is 3. The number of carbonyl (C=O) groups excluding carboxylic acids is 3. The fourth-order valence-electron chi connectivity index (χ4n) is 3.96. The zero-order chi connectivity index (χ0) is 20.1. The van der Waals surface area contributed by atoms with Crippen LogP contribution in [0.2, 0.25) is 5.02 Å². The molecule has 27 heavy (non-hydrogen) atoms. The molecule has 0 bridgehead atoms. The van der Waals surface area contributed by atoms with Gasteiger partial charge in [-0.1, -0.05) is 11.6 Å². The number of primary amides is 1. The number of carbonyl (C=O) groups is 3. The van der Waals surface area contributed by atoms with Crippen molar-refractivity contribution in [2.24, 2.45) is 11.5 Å². The van der Waals surface area contributed by atoms with Crippen molar-refractivity contribution < 1.29 is 18.8 Å². The highest BCUT2D eigenvalue weighted by Gasteiger charge is 2.57. The largest absolute Gasteiger partial charge is 0.368 e. The number of halogens is 2. The summed E-state index contributed by atoms with van der Waals surface area (Å²) in [6, 6.07) is 2.80. The van der Waals surface area contributed by atoms with Gasteiger partial charge in [0.25, 0.3) is 0 Å².